The zero-order valence-corrected chi connectivity index (χ0v) is 6.79. The molecular weight excluding hydrogens is 140 g/mol. The molecule has 3 heteroatoms. The van der Waals surface area contributed by atoms with E-state index in [-0.39, 0.29) is 0 Å². The molecule has 1 saturated heterocycles. The van der Waals surface area contributed by atoms with Gasteiger partial charge in [0.05, 0.1) is 12.0 Å². The van der Waals surface area contributed by atoms with Crippen molar-refractivity contribution in [2.24, 2.45) is 5.73 Å². The Hall–Kier alpha value is -0.700. The van der Waals surface area contributed by atoms with Crippen LogP contribution in [0.1, 0.15) is 19.3 Å². The molecule has 1 aliphatic heterocycles. The van der Waals surface area contributed by atoms with Crippen molar-refractivity contribution >= 4 is 0 Å². The summed E-state index contributed by atoms with van der Waals surface area (Å²) in [6.07, 6.45) is 4.85. The van der Waals surface area contributed by atoms with Gasteiger partial charge in [-0.25, -0.2) is 0 Å². The molecule has 1 heterocycles. The number of piperidine rings is 1. The fourth-order valence-electron chi connectivity index (χ4n) is 1.42. The molecule has 3 N–H and O–H groups in total. The van der Waals surface area contributed by atoms with Crippen LogP contribution in [0.4, 0.5) is 0 Å². The minimum absolute atomic E-state index is 0.562. The van der Waals surface area contributed by atoms with E-state index in [1.807, 2.05) is 0 Å². The summed E-state index contributed by atoms with van der Waals surface area (Å²) >= 11 is 0. The van der Waals surface area contributed by atoms with Gasteiger partial charge in [0.2, 0.25) is 0 Å². The van der Waals surface area contributed by atoms with Crippen LogP contribution in [-0.2, 0) is 0 Å². The predicted molar refractivity (Wildman–Crippen MR) is 45.2 cm³/mol. The molecule has 0 unspecified atom stereocenters. The van der Waals surface area contributed by atoms with E-state index in [0.29, 0.717) is 5.70 Å². The molecule has 1 aliphatic rings. The molecular formula is C8H16N2O. The summed E-state index contributed by atoms with van der Waals surface area (Å²) in [4.78, 5) is 2.27. The van der Waals surface area contributed by atoms with Gasteiger partial charge in [-0.05, 0) is 25.9 Å². The van der Waals surface area contributed by atoms with Gasteiger partial charge in [-0.2, -0.15) is 0 Å². The minimum Gasteiger partial charge on any atom is -0.514 e. The highest BCUT2D eigenvalue weighted by atomic mass is 16.2. The van der Waals surface area contributed by atoms with Gasteiger partial charge in [-0.15, -0.1) is 0 Å². The maximum absolute atomic E-state index is 8.55. The summed E-state index contributed by atoms with van der Waals surface area (Å²) in [7, 11) is 0. The van der Waals surface area contributed by atoms with E-state index in [9.17, 15) is 0 Å². The fourth-order valence-corrected chi connectivity index (χ4v) is 1.42. The summed E-state index contributed by atoms with van der Waals surface area (Å²) in [5.41, 5.74) is 6.04. The number of aliphatic hydroxyl groups excluding tert-OH is 1. The molecule has 11 heavy (non-hydrogen) atoms. The van der Waals surface area contributed by atoms with E-state index in [0.717, 1.165) is 25.9 Å². The number of nitrogens with two attached hydrogens (primary N) is 1. The first-order chi connectivity index (χ1) is 5.33. The lowest BCUT2D eigenvalue weighted by Gasteiger charge is -2.25. The Morgan fingerprint density at radius 1 is 1.36 bits per heavy atom. The quantitative estimate of drug-likeness (QED) is 0.582. The SMILES string of the molecule is N/C(=C\O)CN1CCCCC1. The number of hydrogen-bond acceptors (Lipinski definition) is 3. The number of hydrogen-bond donors (Lipinski definition) is 2. The van der Waals surface area contributed by atoms with Crippen LogP contribution in [0, 0.1) is 0 Å². The molecule has 0 aromatic rings. The highest BCUT2D eigenvalue weighted by Crippen LogP contribution is 2.08. The van der Waals surface area contributed by atoms with Crippen LogP contribution in [-0.4, -0.2) is 29.6 Å². The van der Waals surface area contributed by atoms with Crippen molar-refractivity contribution in [3.63, 3.8) is 0 Å². The molecule has 0 aromatic heterocycles. The molecule has 0 amide bonds. The van der Waals surface area contributed by atoms with Gasteiger partial charge in [-0.3, -0.25) is 4.90 Å². The average molecular weight is 156 g/mol. The van der Waals surface area contributed by atoms with E-state index in [4.69, 9.17) is 10.8 Å². The van der Waals surface area contributed by atoms with Crippen molar-refractivity contribution in [1.29, 1.82) is 0 Å². The van der Waals surface area contributed by atoms with Gasteiger partial charge in [0.25, 0.3) is 0 Å². The van der Waals surface area contributed by atoms with E-state index < -0.39 is 0 Å². The third kappa shape index (κ3) is 2.80. The van der Waals surface area contributed by atoms with Gasteiger partial charge < -0.3 is 10.8 Å². The lowest BCUT2D eigenvalue weighted by molar-refractivity contribution is 0.243. The van der Waals surface area contributed by atoms with Crippen LogP contribution in [0.3, 0.4) is 0 Å². The van der Waals surface area contributed by atoms with Crippen LogP contribution in [0.25, 0.3) is 0 Å². The number of likely N-dealkylation sites (tertiary alicyclic amines) is 1. The predicted octanol–water partition coefficient (Wildman–Crippen LogP) is 0.830. The zero-order chi connectivity index (χ0) is 8.10. The van der Waals surface area contributed by atoms with Crippen LogP contribution < -0.4 is 5.73 Å². The molecule has 0 spiro atoms. The monoisotopic (exact) mass is 156 g/mol. The van der Waals surface area contributed by atoms with Crippen LogP contribution >= 0.6 is 0 Å². The van der Waals surface area contributed by atoms with E-state index in [1.54, 1.807) is 0 Å². The van der Waals surface area contributed by atoms with Crippen molar-refractivity contribution in [3.8, 4) is 0 Å². The third-order valence-corrected chi connectivity index (χ3v) is 2.02. The standard InChI is InChI=1S/C8H16N2O/c9-8(7-11)6-10-4-2-1-3-5-10/h7,11H,1-6,9H2/b8-7-. The molecule has 0 aromatic carbocycles. The summed E-state index contributed by atoms with van der Waals surface area (Å²) in [6.45, 7) is 2.96. The Balaban J connectivity index is 2.24. The Bertz CT molecular complexity index is 139. The van der Waals surface area contributed by atoms with Gasteiger partial charge in [0.1, 0.15) is 0 Å². The van der Waals surface area contributed by atoms with Crippen LogP contribution in [0.15, 0.2) is 12.0 Å². The number of aliphatic hydroxyl groups is 1. The molecule has 0 aliphatic carbocycles. The largest absolute Gasteiger partial charge is 0.514 e. The number of nitrogens with zero attached hydrogens (tertiary/aromatic N) is 1. The maximum Gasteiger partial charge on any atom is 0.0992 e. The smallest absolute Gasteiger partial charge is 0.0992 e. The van der Waals surface area contributed by atoms with Crippen LogP contribution in [0.5, 0.6) is 0 Å². The van der Waals surface area contributed by atoms with Gasteiger partial charge in [0, 0.05) is 6.54 Å². The van der Waals surface area contributed by atoms with Gasteiger partial charge >= 0.3 is 0 Å². The summed E-state index contributed by atoms with van der Waals surface area (Å²) in [6, 6.07) is 0. The second kappa shape index (κ2) is 4.23. The summed E-state index contributed by atoms with van der Waals surface area (Å²) in [5, 5.41) is 8.55. The molecule has 0 radical (unpaired) electrons. The minimum atomic E-state index is 0.562. The average Bonchev–Trinajstić information content (AvgIpc) is 2.06. The summed E-state index contributed by atoms with van der Waals surface area (Å²) < 4.78 is 0. The first-order valence-corrected chi connectivity index (χ1v) is 4.14. The fraction of sp³-hybridized carbons (Fsp3) is 0.750. The van der Waals surface area contributed by atoms with Crippen molar-refractivity contribution in [2.75, 3.05) is 19.6 Å². The number of rotatable bonds is 2. The Morgan fingerprint density at radius 2 is 2.00 bits per heavy atom. The van der Waals surface area contributed by atoms with E-state index >= 15 is 0 Å². The molecule has 0 saturated carbocycles. The molecule has 1 fully saturated rings. The Labute approximate surface area is 67.5 Å². The Kier molecular flexibility index (Phi) is 3.23. The molecule has 1 rings (SSSR count). The normalized spacial score (nSPS) is 22.0. The molecule has 3 nitrogen and oxygen atoms in total. The lowest BCUT2D eigenvalue weighted by Crippen LogP contribution is -2.33. The molecule has 64 valence electrons. The Morgan fingerprint density at radius 3 is 2.55 bits per heavy atom. The molecule has 0 atom stereocenters. The maximum atomic E-state index is 8.55. The topological polar surface area (TPSA) is 49.5 Å². The van der Waals surface area contributed by atoms with Crippen molar-refractivity contribution < 1.29 is 5.11 Å². The van der Waals surface area contributed by atoms with Crippen molar-refractivity contribution in [3.05, 3.63) is 12.0 Å². The van der Waals surface area contributed by atoms with Crippen LogP contribution in [0.2, 0.25) is 0 Å². The second-order valence-corrected chi connectivity index (χ2v) is 3.04. The van der Waals surface area contributed by atoms with Crippen molar-refractivity contribution in [1.82, 2.24) is 4.90 Å². The van der Waals surface area contributed by atoms with Gasteiger partial charge in [-0.1, -0.05) is 6.42 Å². The van der Waals surface area contributed by atoms with E-state index in [2.05, 4.69) is 4.90 Å². The third-order valence-electron chi connectivity index (χ3n) is 2.02. The lowest BCUT2D eigenvalue weighted by atomic mass is 10.1. The van der Waals surface area contributed by atoms with Crippen molar-refractivity contribution in [2.45, 2.75) is 19.3 Å². The highest BCUT2D eigenvalue weighted by molar-refractivity contribution is 4.93. The second-order valence-electron chi connectivity index (χ2n) is 3.04. The zero-order valence-electron chi connectivity index (χ0n) is 6.79. The summed E-state index contributed by atoms with van der Waals surface area (Å²) in [5.74, 6) is 0. The first-order valence-electron chi connectivity index (χ1n) is 4.14. The highest BCUT2D eigenvalue weighted by Gasteiger charge is 2.09. The molecule has 0 bridgehead atoms. The van der Waals surface area contributed by atoms with E-state index in [1.165, 1.54) is 19.3 Å². The first kappa shape index (κ1) is 8.40. The van der Waals surface area contributed by atoms with Gasteiger partial charge in [0.15, 0.2) is 0 Å².